The molecule has 1 spiro atoms. The third-order valence-corrected chi connectivity index (χ3v) is 5.08. The molecule has 1 saturated carbocycles. The highest BCUT2D eigenvalue weighted by atomic mass is 16.8. The summed E-state index contributed by atoms with van der Waals surface area (Å²) in [4.78, 5) is 0. The number of ether oxygens (including phenoxy) is 2. The van der Waals surface area contributed by atoms with Gasteiger partial charge in [-0.2, -0.15) is 5.23 Å². The Balaban J connectivity index is 1.48. The van der Waals surface area contributed by atoms with Crippen LogP contribution in [0.1, 0.15) is 24.7 Å². The number of hydrogen-bond donors (Lipinski definition) is 2. The van der Waals surface area contributed by atoms with E-state index in [4.69, 9.17) is 14.7 Å². The molecule has 3 aliphatic rings. The van der Waals surface area contributed by atoms with Crippen LogP contribution in [0.15, 0.2) is 36.4 Å². The third kappa shape index (κ3) is 2.22. The zero-order valence-electron chi connectivity index (χ0n) is 11.7. The second-order valence-electron chi connectivity index (χ2n) is 6.44. The molecule has 0 aromatic heterocycles. The molecule has 1 aromatic rings. The van der Waals surface area contributed by atoms with Crippen molar-refractivity contribution in [3.8, 4) is 0 Å². The molecular formula is C16H19NO4. The van der Waals surface area contributed by atoms with Crippen LogP contribution >= 0.6 is 0 Å². The van der Waals surface area contributed by atoms with Crippen molar-refractivity contribution < 1.29 is 19.9 Å². The van der Waals surface area contributed by atoms with Crippen LogP contribution in [-0.4, -0.2) is 18.4 Å². The van der Waals surface area contributed by atoms with Gasteiger partial charge in [-0.05, 0) is 24.7 Å². The molecule has 1 aromatic carbocycles. The Morgan fingerprint density at radius 3 is 2.67 bits per heavy atom. The molecule has 1 unspecified atom stereocenters. The minimum absolute atomic E-state index is 0.139. The molecule has 5 heteroatoms. The van der Waals surface area contributed by atoms with E-state index >= 15 is 0 Å². The summed E-state index contributed by atoms with van der Waals surface area (Å²) in [6, 6.07) is 6.80. The summed E-state index contributed by atoms with van der Waals surface area (Å²) in [5.74, 6) is 1.27. The zero-order chi connectivity index (χ0) is 14.4. The molecule has 2 bridgehead atoms. The maximum Gasteiger partial charge on any atom is 0.184 e. The van der Waals surface area contributed by atoms with Gasteiger partial charge in [0, 0.05) is 23.1 Å². The van der Waals surface area contributed by atoms with Crippen molar-refractivity contribution in [2.24, 2.45) is 17.3 Å². The molecular weight excluding hydrogens is 270 g/mol. The topological polar surface area (TPSA) is 66.2 Å². The lowest BCUT2D eigenvalue weighted by atomic mass is 9.76. The molecule has 4 rings (SSSR count). The normalized spacial score (nSPS) is 39.0. The minimum Gasteiger partial charge on any atom is -0.595 e. The first kappa shape index (κ1) is 13.4. The van der Waals surface area contributed by atoms with E-state index in [2.05, 4.69) is 12.2 Å². The molecule has 1 saturated heterocycles. The summed E-state index contributed by atoms with van der Waals surface area (Å²) >= 11 is 0. The summed E-state index contributed by atoms with van der Waals surface area (Å²) in [6.45, 7) is 1.39. The minimum atomic E-state index is -0.928. The van der Waals surface area contributed by atoms with Crippen molar-refractivity contribution in [1.29, 1.82) is 0 Å². The van der Waals surface area contributed by atoms with Crippen LogP contribution in [0.2, 0.25) is 0 Å². The van der Waals surface area contributed by atoms with E-state index in [-0.39, 0.29) is 11.1 Å². The summed E-state index contributed by atoms with van der Waals surface area (Å²) < 4.78 is 11.9. The molecule has 2 aliphatic carbocycles. The largest absolute Gasteiger partial charge is 0.595 e. The lowest BCUT2D eigenvalue weighted by Gasteiger charge is -2.41. The molecule has 2 fully saturated rings. The Kier molecular flexibility index (Phi) is 3.13. The standard InChI is InChI=1S/C16H19NO4/c18-17(19)14-3-1-2-12(7-14)15-20-9-16(10-21-15)8-11-4-5-13(16)6-11/h1-5,7,11,13,15,17-18H,6,8-10H2/t11-,13-,15?,16?/m0/s1. The number of rotatable bonds is 2. The highest BCUT2D eigenvalue weighted by Crippen LogP contribution is 2.54. The van der Waals surface area contributed by atoms with Gasteiger partial charge in [-0.25, -0.2) is 5.21 Å². The van der Waals surface area contributed by atoms with Crippen molar-refractivity contribution in [1.82, 2.24) is 0 Å². The van der Waals surface area contributed by atoms with E-state index in [1.54, 1.807) is 18.2 Å². The lowest BCUT2D eigenvalue weighted by Crippen LogP contribution is -2.99. The van der Waals surface area contributed by atoms with E-state index in [0.717, 1.165) is 12.0 Å². The van der Waals surface area contributed by atoms with Crippen LogP contribution in [-0.2, 0) is 9.47 Å². The van der Waals surface area contributed by atoms with Crippen LogP contribution in [0.4, 0.5) is 5.69 Å². The van der Waals surface area contributed by atoms with Gasteiger partial charge in [0.05, 0.1) is 13.2 Å². The summed E-state index contributed by atoms with van der Waals surface area (Å²) in [5, 5.41) is 19.2. The van der Waals surface area contributed by atoms with E-state index in [9.17, 15) is 5.21 Å². The Labute approximate surface area is 123 Å². The Morgan fingerprint density at radius 2 is 2.05 bits per heavy atom. The molecule has 0 radical (unpaired) electrons. The fourth-order valence-electron chi connectivity index (χ4n) is 3.97. The highest BCUT2D eigenvalue weighted by Gasteiger charge is 2.51. The van der Waals surface area contributed by atoms with Gasteiger partial charge in [0.1, 0.15) is 0 Å². The van der Waals surface area contributed by atoms with Gasteiger partial charge in [-0.3, -0.25) is 0 Å². The fraction of sp³-hybridized carbons (Fsp3) is 0.500. The average Bonchev–Trinajstić information content (AvgIpc) is 3.09. The Hall–Kier alpha value is -1.24. The molecule has 3 atom stereocenters. The average molecular weight is 289 g/mol. The smallest absolute Gasteiger partial charge is 0.184 e. The van der Waals surface area contributed by atoms with Crippen LogP contribution < -0.4 is 5.23 Å². The highest BCUT2D eigenvalue weighted by molar-refractivity contribution is 5.34. The van der Waals surface area contributed by atoms with Gasteiger partial charge in [-0.1, -0.05) is 24.3 Å². The SMILES string of the molecule is [O-][NH+](O)c1cccc(C2OCC3(CO2)C[C@H]2C=C[C@H]3C2)c1. The predicted octanol–water partition coefficient (Wildman–Crippen LogP) is 1.72. The van der Waals surface area contributed by atoms with Crippen LogP contribution in [0, 0.1) is 22.5 Å². The van der Waals surface area contributed by atoms with Crippen molar-refractivity contribution in [2.75, 3.05) is 13.2 Å². The van der Waals surface area contributed by atoms with Gasteiger partial charge in [0.15, 0.2) is 12.0 Å². The first-order valence-corrected chi connectivity index (χ1v) is 7.41. The Morgan fingerprint density at radius 1 is 1.24 bits per heavy atom. The predicted molar refractivity (Wildman–Crippen MR) is 74.7 cm³/mol. The maximum atomic E-state index is 11.0. The van der Waals surface area contributed by atoms with E-state index in [1.165, 1.54) is 6.42 Å². The Bertz CT molecular complexity index is 563. The van der Waals surface area contributed by atoms with Crippen molar-refractivity contribution in [2.45, 2.75) is 19.1 Å². The van der Waals surface area contributed by atoms with Gasteiger partial charge >= 0.3 is 0 Å². The van der Waals surface area contributed by atoms with E-state index in [1.807, 2.05) is 6.07 Å². The molecule has 112 valence electrons. The molecule has 1 heterocycles. The van der Waals surface area contributed by atoms with Crippen LogP contribution in [0.3, 0.4) is 0 Å². The number of nitrogens with one attached hydrogen (secondary N) is 1. The van der Waals surface area contributed by atoms with Crippen molar-refractivity contribution in [3.05, 3.63) is 47.2 Å². The number of quaternary nitrogens is 1. The zero-order valence-corrected chi connectivity index (χ0v) is 11.7. The second kappa shape index (κ2) is 4.90. The molecule has 1 aliphatic heterocycles. The van der Waals surface area contributed by atoms with Gasteiger partial charge in [0.2, 0.25) is 0 Å². The van der Waals surface area contributed by atoms with Crippen molar-refractivity contribution in [3.63, 3.8) is 0 Å². The molecule has 2 N–H and O–H groups in total. The first-order valence-electron chi connectivity index (χ1n) is 7.41. The number of allylic oxidation sites excluding steroid dienone is 2. The number of hydrogen-bond acceptors (Lipinski definition) is 4. The third-order valence-electron chi connectivity index (χ3n) is 5.08. The summed E-state index contributed by atoms with van der Waals surface area (Å²) in [6.07, 6.45) is 6.56. The summed E-state index contributed by atoms with van der Waals surface area (Å²) in [7, 11) is 0. The second-order valence-corrected chi connectivity index (χ2v) is 6.44. The van der Waals surface area contributed by atoms with Gasteiger partial charge in [-0.15, -0.1) is 0 Å². The summed E-state index contributed by atoms with van der Waals surface area (Å²) in [5.41, 5.74) is 1.19. The van der Waals surface area contributed by atoms with Gasteiger partial charge < -0.3 is 14.7 Å². The van der Waals surface area contributed by atoms with Crippen molar-refractivity contribution >= 4 is 5.69 Å². The van der Waals surface area contributed by atoms with Crippen LogP contribution in [0.25, 0.3) is 0 Å². The molecule has 5 nitrogen and oxygen atoms in total. The number of benzene rings is 1. The van der Waals surface area contributed by atoms with E-state index in [0.29, 0.717) is 25.0 Å². The fourth-order valence-corrected chi connectivity index (χ4v) is 3.97. The lowest BCUT2D eigenvalue weighted by molar-refractivity contribution is -0.991. The quantitative estimate of drug-likeness (QED) is 0.642. The van der Waals surface area contributed by atoms with E-state index < -0.39 is 11.5 Å². The first-order chi connectivity index (χ1) is 10.2. The van der Waals surface area contributed by atoms with Gasteiger partial charge in [0.25, 0.3) is 0 Å². The monoisotopic (exact) mass is 289 g/mol. The van der Waals surface area contributed by atoms with Crippen LogP contribution in [0.5, 0.6) is 0 Å². The number of fused-ring (bicyclic) bond motifs is 3. The molecule has 0 amide bonds. The molecule has 21 heavy (non-hydrogen) atoms. The maximum absolute atomic E-state index is 11.0.